The van der Waals surface area contributed by atoms with Gasteiger partial charge in [0.05, 0.1) is 0 Å². The van der Waals surface area contributed by atoms with E-state index >= 15 is 0 Å². The lowest BCUT2D eigenvalue weighted by Crippen LogP contribution is -2.40. The molecule has 1 heterocycles. The molecule has 112 valence electrons. The normalized spacial score (nSPS) is 20.5. The molecule has 5 nitrogen and oxygen atoms in total. The van der Waals surface area contributed by atoms with Crippen molar-refractivity contribution in [2.75, 3.05) is 13.1 Å². The zero-order chi connectivity index (χ0) is 14.8. The smallest absolute Gasteiger partial charge is 0.387 e. The minimum absolute atomic E-state index is 0.205. The van der Waals surface area contributed by atoms with E-state index < -0.39 is 16.6 Å². The van der Waals surface area contributed by atoms with Gasteiger partial charge >= 0.3 is 6.61 Å². The van der Waals surface area contributed by atoms with Crippen LogP contribution in [-0.2, 0) is 10.0 Å². The maximum atomic E-state index is 12.6. The van der Waals surface area contributed by atoms with Crippen molar-refractivity contribution in [3.05, 3.63) is 24.3 Å². The Morgan fingerprint density at radius 1 is 1.40 bits per heavy atom. The molecule has 0 amide bonds. The number of para-hydroxylation sites is 1. The molecule has 1 atom stereocenters. The summed E-state index contributed by atoms with van der Waals surface area (Å²) in [5, 5.41) is 0. The van der Waals surface area contributed by atoms with Gasteiger partial charge in [-0.3, -0.25) is 0 Å². The summed E-state index contributed by atoms with van der Waals surface area (Å²) < 4.78 is 55.4. The molecule has 1 aromatic carbocycles. The molecular weight excluding hydrogens is 290 g/mol. The fraction of sp³-hybridized carbons (Fsp3) is 0.500. The number of hydrogen-bond donors (Lipinski definition) is 1. The molecule has 0 saturated carbocycles. The second-order valence-electron chi connectivity index (χ2n) is 4.47. The molecule has 0 bridgehead atoms. The van der Waals surface area contributed by atoms with E-state index in [1.165, 1.54) is 28.6 Å². The van der Waals surface area contributed by atoms with E-state index in [4.69, 9.17) is 5.73 Å². The molecule has 1 aliphatic heterocycles. The largest absolute Gasteiger partial charge is 0.433 e. The van der Waals surface area contributed by atoms with Crippen LogP contribution in [0.15, 0.2) is 29.2 Å². The van der Waals surface area contributed by atoms with Gasteiger partial charge in [0.2, 0.25) is 10.0 Å². The van der Waals surface area contributed by atoms with Crippen molar-refractivity contribution in [1.29, 1.82) is 0 Å². The van der Waals surface area contributed by atoms with E-state index in [0.717, 1.165) is 0 Å². The summed E-state index contributed by atoms with van der Waals surface area (Å²) in [5.74, 6) is -0.342. The number of nitrogens with zero attached hydrogens (tertiary/aromatic N) is 1. The lowest BCUT2D eigenvalue weighted by atomic mass is 10.2. The molecule has 20 heavy (non-hydrogen) atoms. The van der Waals surface area contributed by atoms with Crippen LogP contribution in [0.25, 0.3) is 0 Å². The fourth-order valence-electron chi connectivity index (χ4n) is 2.34. The molecule has 1 aromatic rings. The molecule has 2 rings (SSSR count). The van der Waals surface area contributed by atoms with E-state index in [1.807, 2.05) is 0 Å². The number of alkyl halides is 2. The van der Waals surface area contributed by atoms with Crippen LogP contribution in [0.5, 0.6) is 5.75 Å². The van der Waals surface area contributed by atoms with Crippen LogP contribution in [-0.4, -0.2) is 38.5 Å². The summed E-state index contributed by atoms with van der Waals surface area (Å²) in [7, 11) is -3.88. The van der Waals surface area contributed by atoms with Crippen LogP contribution in [0.3, 0.4) is 0 Å². The van der Waals surface area contributed by atoms with Gasteiger partial charge in [0.25, 0.3) is 0 Å². The standard InChI is InChI=1S/C12H16F2N2O3S/c13-12(14)19-10-5-1-2-6-11(10)20(17,18)16-7-3-4-9(16)8-15/h1-2,5-6,9,12H,3-4,7-8,15H2. The monoisotopic (exact) mass is 306 g/mol. The van der Waals surface area contributed by atoms with Gasteiger partial charge < -0.3 is 10.5 Å². The minimum Gasteiger partial charge on any atom is -0.433 e. The Morgan fingerprint density at radius 2 is 2.10 bits per heavy atom. The third kappa shape index (κ3) is 2.92. The van der Waals surface area contributed by atoms with Gasteiger partial charge in [-0.2, -0.15) is 13.1 Å². The Morgan fingerprint density at radius 3 is 2.75 bits per heavy atom. The summed E-state index contributed by atoms with van der Waals surface area (Å²) in [6, 6.07) is 5.10. The van der Waals surface area contributed by atoms with E-state index in [1.54, 1.807) is 0 Å². The molecule has 1 saturated heterocycles. The topological polar surface area (TPSA) is 72.6 Å². The number of halogens is 2. The molecule has 1 fully saturated rings. The number of ether oxygens (including phenoxy) is 1. The van der Waals surface area contributed by atoms with E-state index in [0.29, 0.717) is 19.4 Å². The summed E-state index contributed by atoms with van der Waals surface area (Å²) >= 11 is 0. The predicted octanol–water partition coefficient (Wildman–Crippen LogP) is 1.40. The van der Waals surface area contributed by atoms with Gasteiger partial charge in [-0.25, -0.2) is 8.42 Å². The van der Waals surface area contributed by atoms with Crippen molar-refractivity contribution in [3.63, 3.8) is 0 Å². The van der Waals surface area contributed by atoms with Crippen LogP contribution >= 0.6 is 0 Å². The number of sulfonamides is 1. The highest BCUT2D eigenvalue weighted by atomic mass is 32.2. The minimum atomic E-state index is -3.88. The molecule has 1 unspecified atom stereocenters. The molecule has 0 spiro atoms. The van der Waals surface area contributed by atoms with Crippen molar-refractivity contribution in [2.45, 2.75) is 30.4 Å². The number of benzene rings is 1. The molecule has 0 radical (unpaired) electrons. The molecular formula is C12H16F2N2O3S. The SMILES string of the molecule is NCC1CCCN1S(=O)(=O)c1ccccc1OC(F)F. The zero-order valence-electron chi connectivity index (χ0n) is 10.7. The van der Waals surface area contributed by atoms with Gasteiger partial charge in [-0.1, -0.05) is 12.1 Å². The average Bonchev–Trinajstić information content (AvgIpc) is 2.87. The van der Waals surface area contributed by atoms with Gasteiger partial charge in [0, 0.05) is 19.1 Å². The Kier molecular flexibility index (Phi) is 4.56. The Hall–Kier alpha value is -1.25. The van der Waals surface area contributed by atoms with E-state index in [-0.39, 0.29) is 23.2 Å². The lowest BCUT2D eigenvalue weighted by molar-refractivity contribution is -0.0517. The molecule has 0 aliphatic carbocycles. The summed E-state index contributed by atoms with van der Waals surface area (Å²) in [5.41, 5.74) is 5.56. The molecule has 8 heteroatoms. The number of hydrogen-bond acceptors (Lipinski definition) is 4. The Labute approximate surface area is 116 Å². The van der Waals surface area contributed by atoms with Crippen molar-refractivity contribution in [2.24, 2.45) is 5.73 Å². The second-order valence-corrected chi connectivity index (χ2v) is 6.33. The van der Waals surface area contributed by atoms with Gasteiger partial charge in [0.15, 0.2) is 0 Å². The highest BCUT2D eigenvalue weighted by Gasteiger charge is 2.36. The van der Waals surface area contributed by atoms with Crippen molar-refractivity contribution in [1.82, 2.24) is 4.31 Å². The lowest BCUT2D eigenvalue weighted by Gasteiger charge is -2.23. The van der Waals surface area contributed by atoms with Gasteiger partial charge in [-0.15, -0.1) is 0 Å². The maximum absolute atomic E-state index is 12.6. The van der Waals surface area contributed by atoms with Crippen molar-refractivity contribution in [3.8, 4) is 5.75 Å². The van der Waals surface area contributed by atoms with Gasteiger partial charge in [0.1, 0.15) is 10.6 Å². The number of nitrogens with two attached hydrogens (primary N) is 1. The number of rotatable bonds is 5. The Balaban J connectivity index is 2.39. The van der Waals surface area contributed by atoms with Crippen molar-refractivity contribution < 1.29 is 21.9 Å². The first-order valence-electron chi connectivity index (χ1n) is 6.22. The fourth-order valence-corrected chi connectivity index (χ4v) is 4.17. The van der Waals surface area contributed by atoms with Crippen LogP contribution < -0.4 is 10.5 Å². The first-order chi connectivity index (χ1) is 9.46. The van der Waals surface area contributed by atoms with Crippen LogP contribution in [0.1, 0.15) is 12.8 Å². The van der Waals surface area contributed by atoms with Crippen LogP contribution in [0.2, 0.25) is 0 Å². The zero-order valence-corrected chi connectivity index (χ0v) is 11.5. The quantitative estimate of drug-likeness (QED) is 0.892. The summed E-state index contributed by atoms with van der Waals surface area (Å²) in [4.78, 5) is -0.249. The highest BCUT2D eigenvalue weighted by molar-refractivity contribution is 7.89. The molecule has 2 N–H and O–H groups in total. The molecule has 0 aromatic heterocycles. The highest BCUT2D eigenvalue weighted by Crippen LogP contribution is 2.31. The average molecular weight is 306 g/mol. The van der Waals surface area contributed by atoms with Crippen molar-refractivity contribution >= 4 is 10.0 Å². The second kappa shape index (κ2) is 6.02. The first-order valence-corrected chi connectivity index (χ1v) is 7.66. The third-order valence-electron chi connectivity index (χ3n) is 3.25. The Bertz CT molecular complexity index is 566. The summed E-state index contributed by atoms with van der Waals surface area (Å²) in [6.07, 6.45) is 1.38. The summed E-state index contributed by atoms with van der Waals surface area (Å²) in [6.45, 7) is -2.53. The van der Waals surface area contributed by atoms with Crippen LogP contribution in [0, 0.1) is 0 Å². The third-order valence-corrected chi connectivity index (χ3v) is 5.24. The predicted molar refractivity (Wildman–Crippen MR) is 69.0 cm³/mol. The van der Waals surface area contributed by atoms with Gasteiger partial charge in [-0.05, 0) is 25.0 Å². The maximum Gasteiger partial charge on any atom is 0.387 e. The van der Waals surface area contributed by atoms with E-state index in [2.05, 4.69) is 4.74 Å². The first kappa shape index (κ1) is 15.1. The van der Waals surface area contributed by atoms with E-state index in [9.17, 15) is 17.2 Å². The van der Waals surface area contributed by atoms with Crippen LogP contribution in [0.4, 0.5) is 8.78 Å². The molecule has 1 aliphatic rings.